The average Bonchev–Trinajstić information content (AvgIpc) is 2.54. The van der Waals surface area contributed by atoms with Crippen molar-refractivity contribution in [3.05, 3.63) is 35.6 Å². The zero-order valence-corrected chi connectivity index (χ0v) is 15.6. The van der Waals surface area contributed by atoms with Crippen LogP contribution < -0.4 is 5.73 Å². The van der Waals surface area contributed by atoms with Gasteiger partial charge in [0.1, 0.15) is 11.4 Å². The number of nitrogens with two attached hydrogens (primary N) is 1. The Morgan fingerprint density at radius 1 is 1.44 bits per heavy atom. The van der Waals surface area contributed by atoms with Crippen molar-refractivity contribution in [2.45, 2.75) is 58.0 Å². The van der Waals surface area contributed by atoms with Crippen molar-refractivity contribution in [2.75, 3.05) is 19.6 Å². The highest BCUT2D eigenvalue weighted by atomic mass is 19.1. The lowest BCUT2D eigenvalue weighted by atomic mass is 9.78. The fraction of sp³-hybridized carbons (Fsp3) is 0.650. The number of nitrogens with zero attached hydrogens (tertiary/aromatic N) is 1. The maximum Gasteiger partial charge on any atom is 0.410 e. The van der Waals surface area contributed by atoms with E-state index in [9.17, 15) is 9.18 Å². The number of ether oxygens (including phenoxy) is 1. The standard InChI is InChI=1S/C20H31FN2O2/c1-20(2,3)25-19(24)23-12-6-8-16(14-23)18(10-5-11-22)15-7-4-9-17(21)13-15/h4,7,9,13,16,18H,5-6,8,10-12,14,22H2,1-3H3. The lowest BCUT2D eigenvalue weighted by Gasteiger charge is -2.38. The lowest BCUT2D eigenvalue weighted by molar-refractivity contribution is 0.0148. The van der Waals surface area contributed by atoms with Gasteiger partial charge in [-0.15, -0.1) is 0 Å². The fourth-order valence-corrected chi connectivity index (χ4v) is 3.58. The van der Waals surface area contributed by atoms with E-state index in [0.29, 0.717) is 19.0 Å². The molecule has 2 rings (SSSR count). The van der Waals surface area contributed by atoms with Gasteiger partial charge in [0.05, 0.1) is 0 Å². The molecular formula is C20H31FN2O2. The number of carbonyl (C=O) groups is 1. The minimum Gasteiger partial charge on any atom is -0.444 e. The Morgan fingerprint density at radius 3 is 2.84 bits per heavy atom. The molecule has 140 valence electrons. The van der Waals surface area contributed by atoms with Crippen LogP contribution >= 0.6 is 0 Å². The lowest BCUT2D eigenvalue weighted by Crippen LogP contribution is -2.44. The fourth-order valence-electron chi connectivity index (χ4n) is 3.58. The van der Waals surface area contributed by atoms with Crippen molar-refractivity contribution in [1.29, 1.82) is 0 Å². The van der Waals surface area contributed by atoms with Gasteiger partial charge in [0.2, 0.25) is 0 Å². The van der Waals surface area contributed by atoms with E-state index in [-0.39, 0.29) is 17.8 Å². The van der Waals surface area contributed by atoms with Crippen LogP contribution in [0.1, 0.15) is 57.9 Å². The molecule has 2 atom stereocenters. The van der Waals surface area contributed by atoms with Crippen molar-refractivity contribution in [1.82, 2.24) is 4.90 Å². The van der Waals surface area contributed by atoms with Crippen molar-refractivity contribution in [3.63, 3.8) is 0 Å². The van der Waals surface area contributed by atoms with Gasteiger partial charge in [0, 0.05) is 13.1 Å². The maximum absolute atomic E-state index is 13.7. The Bertz CT molecular complexity index is 571. The van der Waals surface area contributed by atoms with Crippen molar-refractivity contribution >= 4 is 6.09 Å². The molecule has 0 aromatic heterocycles. The molecule has 1 saturated heterocycles. The number of halogens is 1. The van der Waals surface area contributed by atoms with Gasteiger partial charge in [-0.25, -0.2) is 9.18 Å². The molecule has 4 nitrogen and oxygen atoms in total. The summed E-state index contributed by atoms with van der Waals surface area (Å²) < 4.78 is 19.2. The summed E-state index contributed by atoms with van der Waals surface area (Å²) >= 11 is 0. The van der Waals surface area contributed by atoms with Crippen LogP contribution in [-0.2, 0) is 4.74 Å². The molecule has 0 bridgehead atoms. The van der Waals surface area contributed by atoms with Crippen molar-refractivity contribution in [3.8, 4) is 0 Å². The van der Waals surface area contributed by atoms with E-state index in [1.165, 1.54) is 6.07 Å². The Balaban J connectivity index is 2.12. The van der Waals surface area contributed by atoms with Crippen molar-refractivity contribution in [2.24, 2.45) is 11.7 Å². The second-order valence-corrected chi connectivity index (χ2v) is 7.92. The topological polar surface area (TPSA) is 55.6 Å². The first-order valence-electron chi connectivity index (χ1n) is 9.23. The molecule has 25 heavy (non-hydrogen) atoms. The molecule has 2 unspecified atom stereocenters. The molecule has 0 spiro atoms. The minimum absolute atomic E-state index is 0.212. The predicted molar refractivity (Wildman–Crippen MR) is 98.0 cm³/mol. The summed E-state index contributed by atoms with van der Waals surface area (Å²) in [5, 5.41) is 0. The third-order valence-corrected chi connectivity index (χ3v) is 4.67. The zero-order valence-electron chi connectivity index (χ0n) is 15.6. The van der Waals surface area contributed by atoms with E-state index in [1.54, 1.807) is 17.0 Å². The second kappa shape index (κ2) is 8.65. The van der Waals surface area contributed by atoms with Crippen LogP contribution in [0.5, 0.6) is 0 Å². The summed E-state index contributed by atoms with van der Waals surface area (Å²) in [6.07, 6.45) is 3.52. The van der Waals surface area contributed by atoms with E-state index in [0.717, 1.165) is 37.8 Å². The van der Waals surface area contributed by atoms with E-state index in [1.807, 2.05) is 26.8 Å². The van der Waals surface area contributed by atoms with Gasteiger partial charge in [-0.3, -0.25) is 0 Å². The Kier molecular flexibility index (Phi) is 6.82. The molecule has 0 saturated carbocycles. The molecule has 0 aliphatic carbocycles. The molecule has 1 aliphatic rings. The summed E-state index contributed by atoms with van der Waals surface area (Å²) in [4.78, 5) is 14.2. The largest absolute Gasteiger partial charge is 0.444 e. The average molecular weight is 350 g/mol. The monoisotopic (exact) mass is 350 g/mol. The van der Waals surface area contributed by atoms with Crippen LogP contribution in [0.3, 0.4) is 0 Å². The number of amides is 1. The van der Waals surface area contributed by atoms with Crippen LogP contribution in [-0.4, -0.2) is 36.2 Å². The second-order valence-electron chi connectivity index (χ2n) is 7.92. The molecule has 1 aromatic rings. The van der Waals surface area contributed by atoms with E-state index >= 15 is 0 Å². The molecule has 1 amide bonds. The van der Waals surface area contributed by atoms with Gasteiger partial charge in [-0.2, -0.15) is 0 Å². The third kappa shape index (κ3) is 5.99. The first-order valence-corrected chi connectivity index (χ1v) is 9.23. The number of piperidine rings is 1. The predicted octanol–water partition coefficient (Wildman–Crippen LogP) is 4.30. The van der Waals surface area contributed by atoms with Crippen LogP contribution in [0.15, 0.2) is 24.3 Å². The SMILES string of the molecule is CC(C)(C)OC(=O)N1CCCC(C(CCCN)c2cccc(F)c2)C1. The third-order valence-electron chi connectivity index (χ3n) is 4.67. The maximum atomic E-state index is 13.7. The van der Waals surface area contributed by atoms with E-state index in [4.69, 9.17) is 10.5 Å². The highest BCUT2D eigenvalue weighted by Crippen LogP contribution is 2.35. The van der Waals surface area contributed by atoms with Crippen LogP contribution in [0, 0.1) is 11.7 Å². The van der Waals surface area contributed by atoms with Gasteiger partial charge in [0.15, 0.2) is 0 Å². The molecule has 1 aliphatic heterocycles. The molecule has 1 aromatic carbocycles. The molecular weight excluding hydrogens is 319 g/mol. The van der Waals surface area contributed by atoms with Gasteiger partial charge >= 0.3 is 6.09 Å². The smallest absolute Gasteiger partial charge is 0.410 e. The van der Waals surface area contributed by atoms with Gasteiger partial charge < -0.3 is 15.4 Å². The van der Waals surface area contributed by atoms with Gasteiger partial charge in [0.25, 0.3) is 0 Å². The summed E-state index contributed by atoms with van der Waals surface area (Å²) in [6.45, 7) is 7.63. The summed E-state index contributed by atoms with van der Waals surface area (Å²) in [5.41, 5.74) is 6.21. The van der Waals surface area contributed by atoms with E-state index < -0.39 is 5.60 Å². The Morgan fingerprint density at radius 2 is 2.20 bits per heavy atom. The molecule has 0 radical (unpaired) electrons. The Labute approximate surface area is 150 Å². The quantitative estimate of drug-likeness (QED) is 0.861. The van der Waals surface area contributed by atoms with Crippen LogP contribution in [0.25, 0.3) is 0 Å². The molecule has 2 N–H and O–H groups in total. The van der Waals surface area contributed by atoms with Gasteiger partial charge in [-0.05, 0) is 82.5 Å². The number of benzene rings is 1. The summed E-state index contributed by atoms with van der Waals surface area (Å²) in [7, 11) is 0. The summed E-state index contributed by atoms with van der Waals surface area (Å²) in [5.74, 6) is 0.300. The Hall–Kier alpha value is -1.62. The van der Waals surface area contributed by atoms with E-state index in [2.05, 4.69) is 0 Å². The first-order chi connectivity index (χ1) is 11.8. The highest BCUT2D eigenvalue weighted by molar-refractivity contribution is 5.68. The van der Waals surface area contributed by atoms with Crippen LogP contribution in [0.4, 0.5) is 9.18 Å². The normalized spacial score (nSPS) is 19.6. The number of rotatable bonds is 5. The van der Waals surface area contributed by atoms with Crippen LogP contribution in [0.2, 0.25) is 0 Å². The number of hydrogen-bond donors (Lipinski definition) is 1. The molecule has 1 fully saturated rings. The highest BCUT2D eigenvalue weighted by Gasteiger charge is 2.32. The minimum atomic E-state index is -0.495. The number of likely N-dealkylation sites (tertiary alicyclic amines) is 1. The number of carbonyl (C=O) groups excluding carboxylic acids is 1. The molecule has 5 heteroatoms. The van der Waals surface area contributed by atoms with Crippen molar-refractivity contribution < 1.29 is 13.9 Å². The first kappa shape index (κ1) is 19.7. The van der Waals surface area contributed by atoms with Gasteiger partial charge in [-0.1, -0.05) is 12.1 Å². The summed E-state index contributed by atoms with van der Waals surface area (Å²) in [6, 6.07) is 6.83. The molecule has 1 heterocycles. The zero-order chi connectivity index (χ0) is 18.4. The number of hydrogen-bond acceptors (Lipinski definition) is 3.